The molecular weight excluding hydrogens is 202 g/mol. The van der Waals surface area contributed by atoms with Gasteiger partial charge in [-0.05, 0) is 19.4 Å². The van der Waals surface area contributed by atoms with E-state index in [0.717, 1.165) is 5.56 Å². The Balaban J connectivity index is 2.83. The fourth-order valence-electron chi connectivity index (χ4n) is 1.52. The lowest BCUT2D eigenvalue weighted by Crippen LogP contribution is -2.25. The molecule has 16 heavy (non-hydrogen) atoms. The fraction of sp³-hybridized carbons (Fsp3) is 0.462. The van der Waals surface area contributed by atoms with E-state index in [1.165, 1.54) is 0 Å². The Morgan fingerprint density at radius 1 is 1.12 bits per heavy atom. The van der Waals surface area contributed by atoms with Crippen molar-refractivity contribution >= 4 is 0 Å². The lowest BCUT2D eigenvalue weighted by atomic mass is 10.0. The van der Waals surface area contributed by atoms with Gasteiger partial charge < -0.3 is 9.47 Å². The zero-order valence-corrected chi connectivity index (χ0v) is 9.72. The van der Waals surface area contributed by atoms with Gasteiger partial charge in [-0.2, -0.15) is 5.26 Å². The van der Waals surface area contributed by atoms with Crippen LogP contribution in [0.25, 0.3) is 0 Å². The first-order chi connectivity index (χ1) is 7.83. The van der Waals surface area contributed by atoms with Gasteiger partial charge in [0.05, 0.1) is 6.07 Å². The highest BCUT2D eigenvalue weighted by Gasteiger charge is 2.23. The first kappa shape index (κ1) is 12.7. The molecule has 0 bridgehead atoms. The first-order valence-electron chi connectivity index (χ1n) is 5.51. The summed E-state index contributed by atoms with van der Waals surface area (Å²) in [4.78, 5) is 0. The van der Waals surface area contributed by atoms with Crippen molar-refractivity contribution in [3.8, 4) is 6.07 Å². The summed E-state index contributed by atoms with van der Waals surface area (Å²) in [6.07, 6.45) is -0.484. The summed E-state index contributed by atoms with van der Waals surface area (Å²) >= 11 is 0. The van der Waals surface area contributed by atoms with Crippen LogP contribution in [0.1, 0.15) is 25.3 Å². The zero-order valence-electron chi connectivity index (χ0n) is 9.72. The van der Waals surface area contributed by atoms with Crippen LogP contribution in [-0.2, 0) is 9.47 Å². The number of rotatable bonds is 6. The molecule has 0 N–H and O–H groups in total. The highest BCUT2D eigenvalue weighted by molar-refractivity contribution is 5.25. The maximum atomic E-state index is 9.19. The predicted octanol–water partition coefficient (Wildman–Crippen LogP) is 2.69. The molecule has 0 aliphatic carbocycles. The summed E-state index contributed by atoms with van der Waals surface area (Å²) < 4.78 is 10.9. The molecule has 1 atom stereocenters. The molecule has 3 nitrogen and oxygen atoms in total. The monoisotopic (exact) mass is 219 g/mol. The second-order valence-corrected chi connectivity index (χ2v) is 3.30. The summed E-state index contributed by atoms with van der Waals surface area (Å²) in [6.45, 7) is 4.86. The van der Waals surface area contributed by atoms with Crippen molar-refractivity contribution in [1.82, 2.24) is 0 Å². The number of hydrogen-bond acceptors (Lipinski definition) is 3. The van der Waals surface area contributed by atoms with Crippen LogP contribution in [0.4, 0.5) is 0 Å². The van der Waals surface area contributed by atoms with Gasteiger partial charge in [-0.3, -0.25) is 0 Å². The summed E-state index contributed by atoms with van der Waals surface area (Å²) in [7, 11) is 0. The Hall–Kier alpha value is -1.37. The van der Waals surface area contributed by atoms with Gasteiger partial charge in [0.1, 0.15) is 5.92 Å². The Labute approximate surface area is 96.6 Å². The van der Waals surface area contributed by atoms with Gasteiger partial charge >= 0.3 is 0 Å². The van der Waals surface area contributed by atoms with Crippen molar-refractivity contribution in [2.45, 2.75) is 26.1 Å². The minimum atomic E-state index is -0.484. The van der Waals surface area contributed by atoms with Gasteiger partial charge in [0, 0.05) is 13.2 Å². The molecule has 0 amide bonds. The largest absolute Gasteiger partial charge is 0.351 e. The van der Waals surface area contributed by atoms with Crippen LogP contribution in [0.15, 0.2) is 30.3 Å². The molecule has 0 aliphatic rings. The molecular formula is C13H17NO2. The summed E-state index contributed by atoms with van der Waals surface area (Å²) in [5.74, 6) is -0.374. The van der Waals surface area contributed by atoms with E-state index in [1.54, 1.807) is 0 Å². The highest BCUT2D eigenvalue weighted by Crippen LogP contribution is 2.22. The van der Waals surface area contributed by atoms with E-state index in [9.17, 15) is 5.26 Å². The average Bonchev–Trinajstić information content (AvgIpc) is 2.32. The maximum absolute atomic E-state index is 9.19. The Kier molecular flexibility index (Phi) is 5.55. The fourth-order valence-corrected chi connectivity index (χ4v) is 1.52. The van der Waals surface area contributed by atoms with Gasteiger partial charge in [0.15, 0.2) is 6.29 Å². The number of nitriles is 1. The van der Waals surface area contributed by atoms with Crippen molar-refractivity contribution in [3.63, 3.8) is 0 Å². The van der Waals surface area contributed by atoms with Crippen LogP contribution >= 0.6 is 0 Å². The maximum Gasteiger partial charge on any atom is 0.177 e. The van der Waals surface area contributed by atoms with Gasteiger partial charge in [-0.15, -0.1) is 0 Å². The standard InChI is InChI=1S/C13H17NO2/c1-3-15-13(16-4-2)12(10-14)11-8-6-5-7-9-11/h5-9,12-13H,3-4H2,1-2H3. The molecule has 0 radical (unpaired) electrons. The SMILES string of the molecule is CCOC(OCC)C(C#N)c1ccccc1. The molecule has 1 rings (SSSR count). The topological polar surface area (TPSA) is 42.2 Å². The minimum absolute atomic E-state index is 0.374. The molecule has 1 aromatic rings. The van der Waals surface area contributed by atoms with Crippen molar-refractivity contribution in [2.24, 2.45) is 0 Å². The smallest absolute Gasteiger partial charge is 0.177 e. The van der Waals surface area contributed by atoms with Crippen molar-refractivity contribution in [1.29, 1.82) is 5.26 Å². The highest BCUT2D eigenvalue weighted by atomic mass is 16.7. The van der Waals surface area contributed by atoms with Crippen molar-refractivity contribution < 1.29 is 9.47 Å². The van der Waals surface area contributed by atoms with Gasteiger partial charge in [-0.1, -0.05) is 30.3 Å². The Morgan fingerprint density at radius 2 is 1.69 bits per heavy atom. The molecule has 0 spiro atoms. The number of ether oxygens (including phenoxy) is 2. The molecule has 1 unspecified atom stereocenters. The minimum Gasteiger partial charge on any atom is -0.351 e. The summed E-state index contributed by atoms with van der Waals surface area (Å²) in [6, 6.07) is 11.8. The molecule has 1 aromatic carbocycles. The van der Waals surface area contributed by atoms with E-state index in [1.807, 2.05) is 44.2 Å². The van der Waals surface area contributed by atoms with Crippen LogP contribution < -0.4 is 0 Å². The quantitative estimate of drug-likeness (QED) is 0.691. The molecule has 0 aromatic heterocycles. The molecule has 86 valence electrons. The molecule has 0 saturated heterocycles. The second-order valence-electron chi connectivity index (χ2n) is 3.30. The first-order valence-corrected chi connectivity index (χ1v) is 5.51. The summed E-state index contributed by atoms with van der Waals surface area (Å²) in [5, 5.41) is 9.19. The van der Waals surface area contributed by atoms with E-state index < -0.39 is 6.29 Å². The third-order valence-electron chi connectivity index (χ3n) is 2.23. The van der Waals surface area contributed by atoms with E-state index in [4.69, 9.17) is 9.47 Å². The molecule has 0 aliphatic heterocycles. The zero-order chi connectivity index (χ0) is 11.8. The number of hydrogen-bond donors (Lipinski definition) is 0. The van der Waals surface area contributed by atoms with Gasteiger partial charge in [0.2, 0.25) is 0 Å². The number of nitrogens with zero attached hydrogens (tertiary/aromatic N) is 1. The van der Waals surface area contributed by atoms with E-state index >= 15 is 0 Å². The van der Waals surface area contributed by atoms with Crippen LogP contribution in [0.5, 0.6) is 0 Å². The molecule has 0 heterocycles. The van der Waals surface area contributed by atoms with Gasteiger partial charge in [0.25, 0.3) is 0 Å². The second kappa shape index (κ2) is 7.00. The van der Waals surface area contributed by atoms with Gasteiger partial charge in [-0.25, -0.2) is 0 Å². The van der Waals surface area contributed by atoms with E-state index in [2.05, 4.69) is 6.07 Å². The van der Waals surface area contributed by atoms with E-state index in [0.29, 0.717) is 13.2 Å². The van der Waals surface area contributed by atoms with Crippen molar-refractivity contribution in [2.75, 3.05) is 13.2 Å². The average molecular weight is 219 g/mol. The lowest BCUT2D eigenvalue weighted by molar-refractivity contribution is -0.141. The molecule has 0 saturated carbocycles. The Bertz CT molecular complexity index is 326. The molecule has 0 fully saturated rings. The number of benzene rings is 1. The van der Waals surface area contributed by atoms with Crippen LogP contribution in [-0.4, -0.2) is 19.5 Å². The third-order valence-corrected chi connectivity index (χ3v) is 2.23. The normalized spacial score (nSPS) is 12.4. The summed E-state index contributed by atoms with van der Waals surface area (Å²) in [5.41, 5.74) is 0.928. The predicted molar refractivity (Wildman–Crippen MR) is 61.8 cm³/mol. The molecule has 3 heteroatoms. The van der Waals surface area contributed by atoms with E-state index in [-0.39, 0.29) is 5.92 Å². The van der Waals surface area contributed by atoms with Crippen LogP contribution in [0.2, 0.25) is 0 Å². The lowest BCUT2D eigenvalue weighted by Gasteiger charge is -2.21. The van der Waals surface area contributed by atoms with Crippen LogP contribution in [0.3, 0.4) is 0 Å². The van der Waals surface area contributed by atoms with Crippen LogP contribution in [0, 0.1) is 11.3 Å². The van der Waals surface area contributed by atoms with Crippen molar-refractivity contribution in [3.05, 3.63) is 35.9 Å². The Morgan fingerprint density at radius 3 is 2.12 bits per heavy atom. The third kappa shape index (κ3) is 3.34.